The molecule has 2 atom stereocenters. The molecule has 102 valence electrons. The van der Waals surface area contributed by atoms with Crippen LogP contribution < -0.4 is 0 Å². The van der Waals surface area contributed by atoms with Crippen LogP contribution >= 0.6 is 34.8 Å². The lowest BCUT2D eigenvalue weighted by Gasteiger charge is -2.37. The van der Waals surface area contributed by atoms with E-state index in [0.717, 1.165) is 25.7 Å². The van der Waals surface area contributed by atoms with Crippen molar-refractivity contribution in [3.8, 4) is 0 Å². The highest BCUT2D eigenvalue weighted by Crippen LogP contribution is 2.40. The molecule has 5 heteroatoms. The Balaban J connectivity index is 1.93. The number of nitrogens with zero attached hydrogens (tertiary/aromatic N) is 1. The summed E-state index contributed by atoms with van der Waals surface area (Å²) in [7, 11) is 0. The quantitative estimate of drug-likeness (QED) is 0.704. The Kier molecular flexibility index (Phi) is 3.67. The lowest BCUT2D eigenvalue weighted by Crippen LogP contribution is -2.47. The fourth-order valence-corrected chi connectivity index (χ4v) is 4.24. The summed E-state index contributed by atoms with van der Waals surface area (Å²) in [4.78, 5) is 14.7. The average molecular weight is 319 g/mol. The maximum Gasteiger partial charge on any atom is 0.257 e. The van der Waals surface area contributed by atoms with Crippen LogP contribution in [-0.4, -0.2) is 28.3 Å². The summed E-state index contributed by atoms with van der Waals surface area (Å²) < 4.78 is 0. The van der Waals surface area contributed by atoms with Crippen molar-refractivity contribution in [2.24, 2.45) is 0 Å². The van der Waals surface area contributed by atoms with Crippen LogP contribution in [0.15, 0.2) is 18.2 Å². The number of hydrogen-bond donors (Lipinski definition) is 0. The molecule has 2 unspecified atom stereocenters. The molecule has 1 amide bonds. The van der Waals surface area contributed by atoms with Crippen molar-refractivity contribution in [3.05, 3.63) is 33.8 Å². The van der Waals surface area contributed by atoms with Gasteiger partial charge < -0.3 is 4.90 Å². The molecule has 2 heterocycles. The summed E-state index contributed by atoms with van der Waals surface area (Å²) in [6.45, 7) is 0. The molecule has 2 aliphatic heterocycles. The first-order valence-corrected chi connectivity index (χ1v) is 7.68. The molecule has 0 aliphatic carbocycles. The number of piperidine rings is 1. The highest BCUT2D eigenvalue weighted by atomic mass is 35.5. The molecule has 2 bridgehead atoms. The lowest BCUT2D eigenvalue weighted by atomic mass is 10.0. The van der Waals surface area contributed by atoms with Crippen LogP contribution in [0.25, 0.3) is 0 Å². The van der Waals surface area contributed by atoms with Gasteiger partial charge in [-0.05, 0) is 37.8 Å². The minimum absolute atomic E-state index is 0.0494. The van der Waals surface area contributed by atoms with Gasteiger partial charge in [-0.3, -0.25) is 4.79 Å². The molecule has 0 saturated carbocycles. The van der Waals surface area contributed by atoms with Crippen molar-refractivity contribution in [3.63, 3.8) is 0 Å². The zero-order chi connectivity index (χ0) is 13.6. The normalized spacial score (nSPS) is 29.6. The van der Waals surface area contributed by atoms with E-state index in [1.54, 1.807) is 18.2 Å². The fourth-order valence-electron chi connectivity index (χ4n) is 3.27. The van der Waals surface area contributed by atoms with Gasteiger partial charge in [-0.25, -0.2) is 0 Å². The molecule has 3 rings (SSSR count). The Morgan fingerprint density at radius 1 is 1.11 bits per heavy atom. The van der Waals surface area contributed by atoms with E-state index in [-0.39, 0.29) is 23.4 Å². The van der Waals surface area contributed by atoms with E-state index < -0.39 is 0 Å². The number of fused-ring (bicyclic) bond motifs is 2. The summed E-state index contributed by atoms with van der Waals surface area (Å²) in [6.07, 6.45) is 3.79. The summed E-state index contributed by atoms with van der Waals surface area (Å²) in [5, 5.41) is 1.03. The molecule has 0 N–H and O–H groups in total. The Labute approximate surface area is 127 Å². The highest BCUT2D eigenvalue weighted by Gasteiger charge is 2.43. The van der Waals surface area contributed by atoms with E-state index in [4.69, 9.17) is 34.8 Å². The third kappa shape index (κ3) is 2.35. The molecule has 2 fully saturated rings. The average Bonchev–Trinajstić information content (AvgIpc) is 2.61. The summed E-state index contributed by atoms with van der Waals surface area (Å²) in [5.74, 6) is -0.0494. The van der Waals surface area contributed by atoms with Crippen LogP contribution in [0.1, 0.15) is 36.0 Å². The Bertz CT molecular complexity index is 485. The van der Waals surface area contributed by atoms with Gasteiger partial charge in [-0.2, -0.15) is 0 Å². The first kappa shape index (κ1) is 13.5. The summed E-state index contributed by atoms with van der Waals surface area (Å²) >= 11 is 18.5. The van der Waals surface area contributed by atoms with Crippen LogP contribution in [-0.2, 0) is 0 Å². The van der Waals surface area contributed by atoms with E-state index in [1.807, 2.05) is 4.90 Å². The minimum atomic E-state index is -0.0494. The number of rotatable bonds is 1. The van der Waals surface area contributed by atoms with E-state index >= 15 is 0 Å². The zero-order valence-corrected chi connectivity index (χ0v) is 12.5. The van der Waals surface area contributed by atoms with Crippen LogP contribution in [0.5, 0.6) is 0 Å². The molecular weight excluding hydrogens is 305 g/mol. The topological polar surface area (TPSA) is 20.3 Å². The van der Waals surface area contributed by atoms with E-state index in [0.29, 0.717) is 15.6 Å². The number of amides is 1. The molecule has 2 saturated heterocycles. The molecule has 0 radical (unpaired) electrons. The second kappa shape index (κ2) is 5.16. The van der Waals surface area contributed by atoms with Crippen molar-refractivity contribution in [1.82, 2.24) is 4.90 Å². The standard InChI is InChI=1S/C14H14Cl3NO/c15-8-6-9-4-5-10(7-8)18(9)14(19)13-11(16)2-1-3-12(13)17/h1-3,8-10H,4-7H2. The SMILES string of the molecule is O=C(c1c(Cl)cccc1Cl)N1C2CCC1CC(Cl)C2. The Hall–Kier alpha value is -0.440. The Morgan fingerprint density at radius 3 is 2.16 bits per heavy atom. The van der Waals surface area contributed by atoms with Gasteiger partial charge in [0, 0.05) is 17.5 Å². The van der Waals surface area contributed by atoms with Crippen LogP contribution in [0, 0.1) is 0 Å². The van der Waals surface area contributed by atoms with Crippen LogP contribution in [0.3, 0.4) is 0 Å². The second-order valence-corrected chi connectivity index (χ2v) is 6.69. The molecule has 19 heavy (non-hydrogen) atoms. The third-order valence-electron chi connectivity index (χ3n) is 4.09. The largest absolute Gasteiger partial charge is 0.332 e. The molecule has 0 spiro atoms. The predicted octanol–water partition coefficient (Wildman–Crippen LogP) is 4.37. The van der Waals surface area contributed by atoms with Gasteiger partial charge in [0.1, 0.15) is 0 Å². The number of carbonyl (C=O) groups is 1. The van der Waals surface area contributed by atoms with Crippen molar-refractivity contribution < 1.29 is 4.79 Å². The van der Waals surface area contributed by atoms with E-state index in [9.17, 15) is 4.79 Å². The highest BCUT2D eigenvalue weighted by molar-refractivity contribution is 6.39. The number of carbonyl (C=O) groups excluding carboxylic acids is 1. The van der Waals surface area contributed by atoms with Crippen molar-refractivity contribution in [1.29, 1.82) is 0 Å². The number of benzene rings is 1. The summed E-state index contributed by atoms with van der Waals surface area (Å²) in [5.41, 5.74) is 0.427. The second-order valence-electron chi connectivity index (χ2n) is 5.26. The molecule has 2 nitrogen and oxygen atoms in total. The molecular formula is C14H14Cl3NO. The fraction of sp³-hybridized carbons (Fsp3) is 0.500. The number of halogens is 3. The summed E-state index contributed by atoms with van der Waals surface area (Å²) in [6, 6.07) is 5.64. The monoisotopic (exact) mass is 317 g/mol. The first-order valence-electron chi connectivity index (χ1n) is 6.48. The molecule has 2 aliphatic rings. The van der Waals surface area contributed by atoms with Gasteiger partial charge >= 0.3 is 0 Å². The first-order chi connectivity index (χ1) is 9.08. The van der Waals surface area contributed by atoms with Gasteiger partial charge in [-0.15, -0.1) is 11.6 Å². The van der Waals surface area contributed by atoms with Crippen molar-refractivity contribution in [2.45, 2.75) is 43.1 Å². The van der Waals surface area contributed by atoms with Gasteiger partial charge in [-0.1, -0.05) is 29.3 Å². The minimum Gasteiger partial charge on any atom is -0.332 e. The molecule has 0 aromatic heterocycles. The molecule has 1 aromatic carbocycles. The molecule has 1 aromatic rings. The van der Waals surface area contributed by atoms with Crippen molar-refractivity contribution in [2.75, 3.05) is 0 Å². The van der Waals surface area contributed by atoms with E-state index in [1.165, 1.54) is 0 Å². The van der Waals surface area contributed by atoms with Crippen LogP contribution in [0.2, 0.25) is 10.0 Å². The van der Waals surface area contributed by atoms with Gasteiger partial charge in [0.2, 0.25) is 0 Å². The maximum atomic E-state index is 12.7. The maximum absolute atomic E-state index is 12.7. The zero-order valence-electron chi connectivity index (χ0n) is 10.3. The third-order valence-corrected chi connectivity index (χ3v) is 5.07. The van der Waals surface area contributed by atoms with Gasteiger partial charge in [0.05, 0.1) is 15.6 Å². The van der Waals surface area contributed by atoms with Crippen molar-refractivity contribution >= 4 is 40.7 Å². The number of hydrogen-bond acceptors (Lipinski definition) is 1. The lowest BCUT2D eigenvalue weighted by molar-refractivity contribution is 0.0600. The van der Waals surface area contributed by atoms with Crippen LogP contribution in [0.4, 0.5) is 0 Å². The smallest absolute Gasteiger partial charge is 0.257 e. The van der Waals surface area contributed by atoms with Gasteiger partial charge in [0.25, 0.3) is 5.91 Å². The van der Waals surface area contributed by atoms with Gasteiger partial charge in [0.15, 0.2) is 0 Å². The Morgan fingerprint density at radius 2 is 1.63 bits per heavy atom. The number of alkyl halides is 1. The predicted molar refractivity (Wildman–Crippen MR) is 78.3 cm³/mol. The van der Waals surface area contributed by atoms with E-state index in [2.05, 4.69) is 0 Å².